The highest BCUT2D eigenvalue weighted by Crippen LogP contribution is 2.05. The van der Waals surface area contributed by atoms with Crippen LogP contribution in [0, 0.1) is 17.2 Å². The van der Waals surface area contributed by atoms with E-state index in [1.54, 1.807) is 13.0 Å². The van der Waals surface area contributed by atoms with Gasteiger partial charge >= 0.3 is 11.9 Å². The van der Waals surface area contributed by atoms with Gasteiger partial charge < -0.3 is 9.47 Å². The van der Waals surface area contributed by atoms with Crippen LogP contribution >= 0.6 is 0 Å². The Kier molecular flexibility index (Phi) is 5.28. The van der Waals surface area contributed by atoms with E-state index in [0.717, 1.165) is 7.11 Å². The maximum Gasteiger partial charge on any atom is 0.323 e. The summed E-state index contributed by atoms with van der Waals surface area (Å²) in [6.45, 7) is 1.88. The van der Waals surface area contributed by atoms with Crippen LogP contribution in [0.3, 0.4) is 0 Å². The molecule has 0 aliphatic carbocycles. The third-order valence-corrected chi connectivity index (χ3v) is 1.32. The Morgan fingerprint density at radius 1 is 1.54 bits per heavy atom. The topological polar surface area (TPSA) is 76.4 Å². The van der Waals surface area contributed by atoms with E-state index in [9.17, 15) is 9.59 Å². The Morgan fingerprint density at radius 2 is 2.15 bits per heavy atom. The zero-order valence-corrected chi connectivity index (χ0v) is 7.57. The van der Waals surface area contributed by atoms with Crippen LogP contribution < -0.4 is 0 Å². The first-order chi connectivity index (χ1) is 6.15. The van der Waals surface area contributed by atoms with E-state index in [0.29, 0.717) is 0 Å². The molecule has 5 nitrogen and oxygen atoms in total. The average Bonchev–Trinajstić information content (AvgIpc) is 2.13. The summed E-state index contributed by atoms with van der Waals surface area (Å²) in [4.78, 5) is 21.7. The van der Waals surface area contributed by atoms with Crippen LogP contribution in [0.4, 0.5) is 0 Å². The molecule has 1 unspecified atom stereocenters. The average molecular weight is 185 g/mol. The van der Waals surface area contributed by atoms with Crippen molar-refractivity contribution in [3.63, 3.8) is 0 Å². The van der Waals surface area contributed by atoms with Crippen LogP contribution in [-0.2, 0) is 19.1 Å². The molecule has 0 saturated carbocycles. The van der Waals surface area contributed by atoms with Crippen molar-refractivity contribution < 1.29 is 19.1 Å². The van der Waals surface area contributed by atoms with Gasteiger partial charge in [0.15, 0.2) is 5.92 Å². The minimum atomic E-state index is -1.07. The van der Waals surface area contributed by atoms with Crippen molar-refractivity contribution >= 4 is 11.9 Å². The van der Waals surface area contributed by atoms with E-state index in [4.69, 9.17) is 5.26 Å². The number of ether oxygens (including phenoxy) is 2. The molecule has 0 N–H and O–H groups in total. The molecule has 0 saturated heterocycles. The van der Waals surface area contributed by atoms with Gasteiger partial charge in [-0.3, -0.25) is 9.59 Å². The van der Waals surface area contributed by atoms with Crippen LogP contribution in [0.5, 0.6) is 0 Å². The first-order valence-corrected chi connectivity index (χ1v) is 3.78. The molecule has 0 aliphatic heterocycles. The van der Waals surface area contributed by atoms with Crippen molar-refractivity contribution in [3.8, 4) is 6.07 Å². The molecular formula is C8H11NO4. The largest absolute Gasteiger partial charge is 0.468 e. The number of hydrogen-bond acceptors (Lipinski definition) is 5. The van der Waals surface area contributed by atoms with Gasteiger partial charge in [0.2, 0.25) is 0 Å². The molecule has 0 rings (SSSR count). The second-order valence-corrected chi connectivity index (χ2v) is 2.21. The predicted octanol–water partition coefficient (Wildman–Crippen LogP) is 0.252. The molecule has 0 aromatic carbocycles. The Labute approximate surface area is 76.2 Å². The Bertz CT molecular complexity index is 231. The van der Waals surface area contributed by atoms with E-state index in [1.807, 2.05) is 0 Å². The van der Waals surface area contributed by atoms with E-state index in [1.165, 1.54) is 0 Å². The molecule has 0 bridgehead atoms. The Morgan fingerprint density at radius 3 is 2.54 bits per heavy atom. The van der Waals surface area contributed by atoms with Gasteiger partial charge in [0.25, 0.3) is 0 Å². The van der Waals surface area contributed by atoms with Crippen molar-refractivity contribution in [2.24, 2.45) is 5.92 Å². The fraction of sp³-hybridized carbons (Fsp3) is 0.625. The SMILES string of the molecule is CCOC(=O)CC(C#N)C(=O)OC. The summed E-state index contributed by atoms with van der Waals surface area (Å²) in [5, 5.41) is 8.49. The van der Waals surface area contributed by atoms with Crippen LogP contribution in [0.25, 0.3) is 0 Å². The van der Waals surface area contributed by atoms with Gasteiger partial charge in [-0.15, -0.1) is 0 Å². The molecule has 0 aromatic rings. The zero-order chi connectivity index (χ0) is 10.3. The van der Waals surface area contributed by atoms with Crippen LogP contribution in [0.1, 0.15) is 13.3 Å². The fourth-order valence-corrected chi connectivity index (χ4v) is 0.711. The van der Waals surface area contributed by atoms with Gasteiger partial charge in [-0.25, -0.2) is 0 Å². The van der Waals surface area contributed by atoms with Crippen LogP contribution in [0.2, 0.25) is 0 Å². The first kappa shape index (κ1) is 11.4. The molecular weight excluding hydrogens is 174 g/mol. The molecule has 0 heterocycles. The lowest BCUT2D eigenvalue weighted by Gasteiger charge is -2.05. The lowest BCUT2D eigenvalue weighted by atomic mass is 10.1. The van der Waals surface area contributed by atoms with E-state index >= 15 is 0 Å². The highest BCUT2D eigenvalue weighted by molar-refractivity contribution is 5.81. The second-order valence-electron chi connectivity index (χ2n) is 2.21. The normalized spacial score (nSPS) is 11.2. The highest BCUT2D eigenvalue weighted by atomic mass is 16.5. The van der Waals surface area contributed by atoms with Crippen molar-refractivity contribution in [1.82, 2.24) is 0 Å². The number of nitriles is 1. The minimum Gasteiger partial charge on any atom is -0.468 e. The van der Waals surface area contributed by atoms with Crippen molar-refractivity contribution in [2.45, 2.75) is 13.3 Å². The number of hydrogen-bond donors (Lipinski definition) is 0. The van der Waals surface area contributed by atoms with Crippen LogP contribution in [0.15, 0.2) is 0 Å². The van der Waals surface area contributed by atoms with E-state index in [2.05, 4.69) is 9.47 Å². The summed E-state index contributed by atoms with van der Waals surface area (Å²) >= 11 is 0. The summed E-state index contributed by atoms with van der Waals surface area (Å²) < 4.78 is 8.88. The van der Waals surface area contributed by atoms with Crippen molar-refractivity contribution in [1.29, 1.82) is 5.26 Å². The summed E-state index contributed by atoms with van der Waals surface area (Å²) in [6, 6.07) is 1.67. The standard InChI is InChI=1S/C8H11NO4/c1-3-13-7(10)4-6(5-9)8(11)12-2/h6H,3-4H2,1-2H3. The predicted molar refractivity (Wildman–Crippen MR) is 42.4 cm³/mol. The molecule has 72 valence electrons. The number of carbonyl (C=O) groups excluding carboxylic acids is 2. The molecule has 13 heavy (non-hydrogen) atoms. The molecule has 0 aliphatic rings. The molecule has 5 heteroatoms. The van der Waals surface area contributed by atoms with Crippen LogP contribution in [-0.4, -0.2) is 25.7 Å². The van der Waals surface area contributed by atoms with Crippen molar-refractivity contribution in [3.05, 3.63) is 0 Å². The summed E-state index contributed by atoms with van der Waals surface area (Å²) in [5.74, 6) is -2.35. The fourth-order valence-electron chi connectivity index (χ4n) is 0.711. The van der Waals surface area contributed by atoms with Gasteiger partial charge in [0.05, 0.1) is 26.2 Å². The van der Waals surface area contributed by atoms with E-state index < -0.39 is 17.9 Å². The molecule has 0 spiro atoms. The minimum absolute atomic E-state index is 0.234. The van der Waals surface area contributed by atoms with Gasteiger partial charge in [0.1, 0.15) is 0 Å². The van der Waals surface area contributed by atoms with Gasteiger partial charge in [0, 0.05) is 0 Å². The third-order valence-electron chi connectivity index (χ3n) is 1.32. The molecule has 0 amide bonds. The van der Waals surface area contributed by atoms with Gasteiger partial charge in [-0.05, 0) is 6.92 Å². The number of rotatable bonds is 4. The first-order valence-electron chi connectivity index (χ1n) is 3.78. The maximum absolute atomic E-state index is 10.9. The summed E-state index contributed by atoms with van der Waals surface area (Å²) in [7, 11) is 1.16. The summed E-state index contributed by atoms with van der Waals surface area (Å²) in [5.41, 5.74) is 0. The zero-order valence-electron chi connectivity index (χ0n) is 7.57. The Hall–Kier alpha value is -1.57. The van der Waals surface area contributed by atoms with Gasteiger partial charge in [-0.2, -0.15) is 5.26 Å². The highest BCUT2D eigenvalue weighted by Gasteiger charge is 2.22. The maximum atomic E-state index is 10.9. The van der Waals surface area contributed by atoms with Gasteiger partial charge in [-0.1, -0.05) is 0 Å². The number of esters is 2. The summed E-state index contributed by atoms with van der Waals surface area (Å²) in [6.07, 6.45) is -0.253. The van der Waals surface area contributed by atoms with Crippen molar-refractivity contribution in [2.75, 3.05) is 13.7 Å². The lowest BCUT2D eigenvalue weighted by molar-refractivity contribution is -0.151. The lowest BCUT2D eigenvalue weighted by Crippen LogP contribution is -2.19. The molecule has 1 atom stereocenters. The second kappa shape index (κ2) is 6.00. The van der Waals surface area contributed by atoms with E-state index in [-0.39, 0.29) is 13.0 Å². The monoisotopic (exact) mass is 185 g/mol. The number of nitrogens with zero attached hydrogens (tertiary/aromatic N) is 1. The molecule has 0 radical (unpaired) electrons. The molecule has 0 fully saturated rings. The quantitative estimate of drug-likeness (QED) is 0.587. The number of carbonyl (C=O) groups is 2. The number of methoxy groups -OCH3 is 1. The third kappa shape index (κ3) is 4.11. The molecule has 0 aromatic heterocycles. The smallest absolute Gasteiger partial charge is 0.323 e. The Balaban J connectivity index is 4.07.